The summed E-state index contributed by atoms with van der Waals surface area (Å²) in [5.41, 5.74) is 0. The van der Waals surface area contributed by atoms with Gasteiger partial charge in [-0.25, -0.2) is 0 Å². The number of nitrogens with one attached hydrogen (secondary N) is 5. The number of carbonyl (C=O) groups excluding carboxylic acids is 1. The first-order valence-corrected chi connectivity index (χ1v) is 19.6. The minimum Gasteiger partial charge on any atom is -0.393 e. The Bertz CT molecular complexity index is 1090. The molecule has 0 aromatic carbocycles. The van der Waals surface area contributed by atoms with Gasteiger partial charge in [0, 0.05) is 65.5 Å². The molecule has 1 aliphatic carbocycles. The van der Waals surface area contributed by atoms with Crippen molar-refractivity contribution in [1.29, 1.82) is 0 Å². The summed E-state index contributed by atoms with van der Waals surface area (Å²) in [6.45, 7) is 14.9. The van der Waals surface area contributed by atoms with Crippen LogP contribution in [0.4, 0.5) is 0 Å². The van der Waals surface area contributed by atoms with Crippen LogP contribution in [0.25, 0.3) is 0 Å². The third-order valence-electron chi connectivity index (χ3n) is 14.4. The van der Waals surface area contributed by atoms with E-state index < -0.39 is 0 Å². The third-order valence-corrected chi connectivity index (χ3v) is 15.6. The second kappa shape index (κ2) is 14.0. The molecule has 5 saturated heterocycles. The number of carbonyl (C=O) groups is 1. The molecule has 19 unspecified atom stereocenters. The molecule has 0 radical (unpaired) electrons. The van der Waals surface area contributed by atoms with E-state index in [0.29, 0.717) is 119 Å². The fraction of sp³-hybridized carbons (Fsp3) is 0.919. The van der Waals surface area contributed by atoms with Crippen molar-refractivity contribution >= 4 is 21.8 Å². The zero-order chi connectivity index (χ0) is 32.2. The molecule has 0 spiro atoms. The molecule has 6 rings (SSSR count). The standard InChI is InChI=1S/C37H62BrN5O2/c1-8-14-39-31(45)13-11-12-24-20(6)35-33(38)34-19(5)23(10-3)29(42-34)16-26-18(4)22(9-2)28(40-26)17-27-21(7)32-30(44)15-25(36(24)43-35)37(32)41-27/h1,18-30,32-37,40-44H,9-17H2,2-7H3,(H,39,45). The Morgan fingerprint density at radius 1 is 0.800 bits per heavy atom. The summed E-state index contributed by atoms with van der Waals surface area (Å²) in [5, 5.41) is 31.4. The normalized spacial score (nSPS) is 52.2. The molecule has 45 heavy (non-hydrogen) atoms. The van der Waals surface area contributed by atoms with Crippen molar-refractivity contribution in [3.63, 3.8) is 0 Å². The van der Waals surface area contributed by atoms with E-state index in [0.717, 1.165) is 25.7 Å². The quantitative estimate of drug-likeness (QED) is 0.179. The first-order chi connectivity index (χ1) is 21.6. The smallest absolute Gasteiger partial charge is 0.220 e. The van der Waals surface area contributed by atoms with E-state index >= 15 is 0 Å². The van der Waals surface area contributed by atoms with Crippen molar-refractivity contribution < 1.29 is 9.90 Å². The lowest BCUT2D eigenvalue weighted by Crippen LogP contribution is -2.52. The molecule has 1 amide bonds. The predicted molar refractivity (Wildman–Crippen MR) is 186 cm³/mol. The summed E-state index contributed by atoms with van der Waals surface area (Å²) in [5.74, 6) is 7.27. The van der Waals surface area contributed by atoms with Crippen LogP contribution in [0.5, 0.6) is 0 Å². The first kappa shape index (κ1) is 34.2. The van der Waals surface area contributed by atoms with Gasteiger partial charge in [0.25, 0.3) is 0 Å². The van der Waals surface area contributed by atoms with Crippen molar-refractivity contribution in [2.75, 3.05) is 6.54 Å². The highest BCUT2D eigenvalue weighted by Gasteiger charge is 2.59. The Morgan fingerprint density at radius 2 is 1.40 bits per heavy atom. The van der Waals surface area contributed by atoms with E-state index in [9.17, 15) is 9.90 Å². The van der Waals surface area contributed by atoms with Gasteiger partial charge in [-0.2, -0.15) is 0 Å². The number of alkyl halides is 1. The van der Waals surface area contributed by atoms with E-state index in [1.807, 2.05) is 0 Å². The molecular weight excluding hydrogens is 626 g/mol. The van der Waals surface area contributed by atoms with Crippen molar-refractivity contribution in [2.24, 2.45) is 53.3 Å². The van der Waals surface area contributed by atoms with Crippen LogP contribution in [0.15, 0.2) is 0 Å². The Morgan fingerprint density at radius 3 is 2.09 bits per heavy atom. The van der Waals surface area contributed by atoms with Crippen molar-refractivity contribution in [1.82, 2.24) is 26.6 Å². The zero-order valence-corrected chi connectivity index (χ0v) is 30.2. The molecule has 0 aromatic rings. The van der Waals surface area contributed by atoms with E-state index in [-0.39, 0.29) is 12.0 Å². The molecule has 6 N–H and O–H groups in total. The Kier molecular flexibility index (Phi) is 10.7. The summed E-state index contributed by atoms with van der Waals surface area (Å²) in [6.07, 6.45) is 13.2. The maximum Gasteiger partial charge on any atom is 0.220 e. The molecule has 5 aliphatic heterocycles. The molecule has 254 valence electrons. The Hall–Kier alpha value is -0.690. The number of terminal acetylenes is 1. The average Bonchev–Trinajstić information content (AvgIpc) is 3.77. The number of rotatable bonds is 7. The fourth-order valence-electron chi connectivity index (χ4n) is 12.0. The highest BCUT2D eigenvalue weighted by atomic mass is 79.9. The highest BCUT2D eigenvalue weighted by Crippen LogP contribution is 2.51. The molecule has 6 fully saturated rings. The third kappa shape index (κ3) is 6.19. The lowest BCUT2D eigenvalue weighted by Gasteiger charge is -2.33. The van der Waals surface area contributed by atoms with Crippen LogP contribution in [0.1, 0.15) is 92.9 Å². The minimum atomic E-state index is -0.259. The number of aliphatic hydroxyl groups is 1. The van der Waals surface area contributed by atoms with E-state index in [2.05, 4.69) is 90.0 Å². The van der Waals surface area contributed by atoms with E-state index in [1.54, 1.807) is 0 Å². The van der Waals surface area contributed by atoms with Crippen molar-refractivity contribution in [3.05, 3.63) is 0 Å². The second-order valence-corrected chi connectivity index (χ2v) is 17.3. The maximum atomic E-state index is 12.5. The molecule has 8 heteroatoms. The summed E-state index contributed by atoms with van der Waals surface area (Å²) >= 11 is 4.33. The maximum absolute atomic E-state index is 12.5. The lowest BCUT2D eigenvalue weighted by molar-refractivity contribution is -0.121. The van der Waals surface area contributed by atoms with E-state index in [4.69, 9.17) is 6.42 Å². The molecule has 6 aliphatic rings. The monoisotopic (exact) mass is 687 g/mol. The van der Waals surface area contributed by atoms with E-state index in [1.165, 1.54) is 19.3 Å². The Labute approximate surface area is 281 Å². The van der Waals surface area contributed by atoms with Gasteiger partial charge >= 0.3 is 0 Å². The first-order valence-electron chi connectivity index (χ1n) is 18.7. The number of hydrogen-bond acceptors (Lipinski definition) is 6. The number of amides is 1. The number of aliphatic hydroxyl groups excluding tert-OH is 1. The summed E-state index contributed by atoms with van der Waals surface area (Å²) in [4.78, 5) is 12.8. The van der Waals surface area contributed by atoms with Crippen LogP contribution >= 0.6 is 15.9 Å². The fourth-order valence-corrected chi connectivity index (χ4v) is 13.3. The summed E-state index contributed by atoms with van der Waals surface area (Å²) in [7, 11) is 0. The highest BCUT2D eigenvalue weighted by molar-refractivity contribution is 9.09. The van der Waals surface area contributed by atoms with Gasteiger partial charge in [-0.05, 0) is 79.4 Å². The van der Waals surface area contributed by atoms with Gasteiger partial charge in [0.2, 0.25) is 5.91 Å². The lowest BCUT2D eigenvalue weighted by atomic mass is 9.76. The number of halogens is 1. The summed E-state index contributed by atoms with van der Waals surface area (Å²) in [6, 6.07) is 3.43. The van der Waals surface area contributed by atoms with Gasteiger partial charge in [-0.3, -0.25) is 4.79 Å². The molecule has 1 saturated carbocycles. The van der Waals surface area contributed by atoms with Gasteiger partial charge in [0.15, 0.2) is 0 Å². The number of hydrogen-bond donors (Lipinski definition) is 6. The summed E-state index contributed by atoms with van der Waals surface area (Å²) < 4.78 is 0. The SMILES string of the molecule is C#CCNC(=O)CCCC1C(C)C2NC1C1CC(O)C3C(C)C(CC4NC(CC5NC(C(C)C5CC)C2Br)C(C)C4CC)NC13. The number of fused-ring (bicyclic) bond motifs is 8. The van der Waals surface area contributed by atoms with Crippen LogP contribution in [-0.2, 0) is 4.79 Å². The molecule has 19 atom stereocenters. The van der Waals surface area contributed by atoms with Gasteiger partial charge in [-0.1, -0.05) is 76.2 Å². The van der Waals surface area contributed by atoms with Crippen LogP contribution < -0.4 is 26.6 Å². The topological polar surface area (TPSA) is 97.5 Å². The second-order valence-electron chi connectivity index (χ2n) is 16.3. The van der Waals surface area contributed by atoms with Crippen molar-refractivity contribution in [2.45, 2.75) is 152 Å². The van der Waals surface area contributed by atoms with Gasteiger partial charge in [0.1, 0.15) is 0 Å². The largest absolute Gasteiger partial charge is 0.393 e. The molecule has 7 nitrogen and oxygen atoms in total. The predicted octanol–water partition coefficient (Wildman–Crippen LogP) is 4.04. The molecular formula is C37H62BrN5O2. The zero-order valence-electron chi connectivity index (χ0n) is 28.6. The minimum absolute atomic E-state index is 0.0530. The van der Waals surface area contributed by atoms with Crippen LogP contribution in [0, 0.1) is 65.6 Å². The van der Waals surface area contributed by atoms with Gasteiger partial charge in [0.05, 0.1) is 12.6 Å². The van der Waals surface area contributed by atoms with Gasteiger partial charge < -0.3 is 31.7 Å². The van der Waals surface area contributed by atoms with Crippen LogP contribution in [0.3, 0.4) is 0 Å². The Balaban J connectivity index is 1.31. The molecule has 8 bridgehead atoms. The average molecular weight is 689 g/mol. The van der Waals surface area contributed by atoms with Crippen molar-refractivity contribution in [3.8, 4) is 12.3 Å². The van der Waals surface area contributed by atoms with Crippen LogP contribution in [-0.4, -0.2) is 76.8 Å². The molecule has 5 heterocycles. The van der Waals surface area contributed by atoms with Crippen LogP contribution in [0.2, 0.25) is 0 Å². The van der Waals surface area contributed by atoms with Gasteiger partial charge in [-0.15, -0.1) is 6.42 Å². The molecule has 0 aromatic heterocycles.